The first-order chi connectivity index (χ1) is 10.2. The third-order valence-electron chi connectivity index (χ3n) is 3.59. The fourth-order valence-electron chi connectivity index (χ4n) is 2.38. The van der Waals surface area contributed by atoms with Crippen LogP contribution in [0, 0.1) is 6.92 Å². The Hall–Kier alpha value is -2.56. The minimum Gasteiger partial charge on any atom is -0.497 e. The largest absolute Gasteiger partial charge is 0.497 e. The highest BCUT2D eigenvalue weighted by Crippen LogP contribution is 2.24. The Labute approximate surface area is 123 Å². The summed E-state index contributed by atoms with van der Waals surface area (Å²) < 4.78 is 7.22. The highest BCUT2D eigenvalue weighted by Gasteiger charge is 2.09. The summed E-state index contributed by atoms with van der Waals surface area (Å²) in [6.07, 6.45) is 1.81. The number of nitrogens with one attached hydrogen (secondary N) is 1. The maximum absolute atomic E-state index is 5.25. The van der Waals surface area contributed by atoms with Gasteiger partial charge in [0.1, 0.15) is 11.6 Å². The van der Waals surface area contributed by atoms with Crippen molar-refractivity contribution in [1.29, 1.82) is 0 Å². The highest BCUT2D eigenvalue weighted by atomic mass is 16.5. The molecule has 2 heterocycles. The lowest BCUT2D eigenvalue weighted by molar-refractivity contribution is 0.415. The lowest BCUT2D eigenvalue weighted by Crippen LogP contribution is -2.07. The average molecular weight is 282 g/mol. The van der Waals surface area contributed by atoms with E-state index in [0.717, 1.165) is 33.7 Å². The van der Waals surface area contributed by atoms with E-state index < -0.39 is 0 Å². The SMILES string of the molecule is CNc1nc2cc(OC)ccc2cc1Cn1nccc1C. The molecule has 108 valence electrons. The van der Waals surface area contributed by atoms with Gasteiger partial charge in [0.05, 0.1) is 19.2 Å². The standard InChI is InChI=1S/C16H18N4O/c1-11-6-7-18-20(11)10-13-8-12-4-5-14(21-3)9-15(12)19-16(13)17-2/h4-9H,10H2,1-3H3,(H,17,19). The molecule has 0 spiro atoms. The smallest absolute Gasteiger partial charge is 0.131 e. The maximum Gasteiger partial charge on any atom is 0.131 e. The number of methoxy groups -OCH3 is 1. The Morgan fingerprint density at radius 2 is 2.10 bits per heavy atom. The van der Waals surface area contributed by atoms with E-state index in [0.29, 0.717) is 6.54 Å². The molecule has 0 fully saturated rings. The van der Waals surface area contributed by atoms with Crippen molar-refractivity contribution >= 4 is 16.7 Å². The van der Waals surface area contributed by atoms with E-state index in [4.69, 9.17) is 4.74 Å². The van der Waals surface area contributed by atoms with Crippen LogP contribution in [0.3, 0.4) is 0 Å². The molecule has 3 rings (SSSR count). The van der Waals surface area contributed by atoms with Crippen molar-refractivity contribution in [3.63, 3.8) is 0 Å². The fraction of sp³-hybridized carbons (Fsp3) is 0.250. The van der Waals surface area contributed by atoms with Crippen molar-refractivity contribution < 1.29 is 4.74 Å². The highest BCUT2D eigenvalue weighted by molar-refractivity contribution is 5.83. The van der Waals surface area contributed by atoms with Crippen LogP contribution < -0.4 is 10.1 Å². The van der Waals surface area contributed by atoms with Gasteiger partial charge in [0.25, 0.3) is 0 Å². The Morgan fingerprint density at radius 1 is 1.24 bits per heavy atom. The quantitative estimate of drug-likeness (QED) is 0.799. The van der Waals surface area contributed by atoms with Gasteiger partial charge in [-0.25, -0.2) is 4.98 Å². The number of hydrogen-bond donors (Lipinski definition) is 1. The molecular weight excluding hydrogens is 264 g/mol. The van der Waals surface area contributed by atoms with Crippen LogP contribution in [-0.2, 0) is 6.54 Å². The summed E-state index contributed by atoms with van der Waals surface area (Å²) in [6.45, 7) is 2.75. The molecule has 0 aliphatic heterocycles. The van der Waals surface area contributed by atoms with Crippen LogP contribution >= 0.6 is 0 Å². The molecule has 1 N–H and O–H groups in total. The molecule has 0 amide bonds. The molecule has 2 aromatic heterocycles. The molecule has 0 radical (unpaired) electrons. The van der Waals surface area contributed by atoms with Crippen molar-refractivity contribution in [1.82, 2.24) is 14.8 Å². The summed E-state index contributed by atoms with van der Waals surface area (Å²) in [5.74, 6) is 1.68. The predicted octanol–water partition coefficient (Wildman–Crippen LogP) is 2.84. The van der Waals surface area contributed by atoms with Crippen LogP contribution in [0.4, 0.5) is 5.82 Å². The molecular formula is C16H18N4O. The molecule has 5 nitrogen and oxygen atoms in total. The normalized spacial score (nSPS) is 10.8. The zero-order chi connectivity index (χ0) is 14.8. The van der Waals surface area contributed by atoms with Gasteiger partial charge in [-0.05, 0) is 31.2 Å². The second-order valence-corrected chi connectivity index (χ2v) is 4.93. The molecule has 0 unspecified atom stereocenters. The van der Waals surface area contributed by atoms with E-state index >= 15 is 0 Å². The number of aryl methyl sites for hydroxylation is 1. The van der Waals surface area contributed by atoms with Gasteiger partial charge >= 0.3 is 0 Å². The van der Waals surface area contributed by atoms with Gasteiger partial charge in [-0.3, -0.25) is 4.68 Å². The van der Waals surface area contributed by atoms with Crippen LogP contribution in [-0.4, -0.2) is 28.9 Å². The number of aromatic nitrogens is 3. The van der Waals surface area contributed by atoms with Crippen molar-refractivity contribution in [2.24, 2.45) is 0 Å². The lowest BCUT2D eigenvalue weighted by Gasteiger charge is -2.12. The zero-order valence-corrected chi connectivity index (χ0v) is 12.4. The van der Waals surface area contributed by atoms with Gasteiger partial charge in [-0.1, -0.05) is 0 Å². The Balaban J connectivity index is 2.07. The predicted molar refractivity (Wildman–Crippen MR) is 83.9 cm³/mol. The van der Waals surface area contributed by atoms with Gasteiger partial charge in [0, 0.05) is 36.0 Å². The van der Waals surface area contributed by atoms with E-state index in [-0.39, 0.29) is 0 Å². The van der Waals surface area contributed by atoms with Crippen molar-refractivity contribution in [3.8, 4) is 5.75 Å². The third-order valence-corrected chi connectivity index (χ3v) is 3.59. The minimum absolute atomic E-state index is 0.698. The number of pyridine rings is 1. The molecule has 1 aromatic carbocycles. The number of anilines is 1. The van der Waals surface area contributed by atoms with E-state index in [1.807, 2.05) is 49.1 Å². The molecule has 0 bridgehead atoms. The first-order valence-corrected chi connectivity index (χ1v) is 6.85. The third kappa shape index (κ3) is 2.54. The topological polar surface area (TPSA) is 52.0 Å². The molecule has 5 heteroatoms. The summed E-state index contributed by atoms with van der Waals surface area (Å²) in [4.78, 5) is 4.68. The number of nitrogens with zero attached hydrogens (tertiary/aromatic N) is 3. The van der Waals surface area contributed by atoms with E-state index in [1.54, 1.807) is 7.11 Å². The van der Waals surface area contributed by atoms with Crippen molar-refractivity contribution in [2.45, 2.75) is 13.5 Å². The molecule has 0 aliphatic rings. The molecule has 0 saturated heterocycles. The number of rotatable bonds is 4. The summed E-state index contributed by atoms with van der Waals surface area (Å²) in [5.41, 5.74) is 3.16. The van der Waals surface area contributed by atoms with Crippen molar-refractivity contribution in [2.75, 3.05) is 19.5 Å². The van der Waals surface area contributed by atoms with E-state index in [9.17, 15) is 0 Å². The monoisotopic (exact) mass is 282 g/mol. The van der Waals surface area contributed by atoms with Gasteiger partial charge in [-0.2, -0.15) is 5.10 Å². The number of fused-ring (bicyclic) bond motifs is 1. The fourth-order valence-corrected chi connectivity index (χ4v) is 2.38. The Morgan fingerprint density at radius 3 is 2.76 bits per heavy atom. The molecule has 21 heavy (non-hydrogen) atoms. The first-order valence-electron chi connectivity index (χ1n) is 6.85. The summed E-state index contributed by atoms with van der Waals surface area (Å²) >= 11 is 0. The van der Waals surface area contributed by atoms with E-state index in [2.05, 4.69) is 21.5 Å². The number of ether oxygens (including phenoxy) is 1. The lowest BCUT2D eigenvalue weighted by atomic mass is 10.1. The molecule has 0 atom stereocenters. The van der Waals surface area contributed by atoms with Crippen LogP contribution in [0.15, 0.2) is 36.5 Å². The zero-order valence-electron chi connectivity index (χ0n) is 12.4. The average Bonchev–Trinajstić information content (AvgIpc) is 2.91. The maximum atomic E-state index is 5.25. The molecule has 3 aromatic rings. The molecule has 0 saturated carbocycles. The van der Waals surface area contributed by atoms with Gasteiger partial charge in [0.15, 0.2) is 0 Å². The van der Waals surface area contributed by atoms with Gasteiger partial charge < -0.3 is 10.1 Å². The molecule has 0 aliphatic carbocycles. The van der Waals surface area contributed by atoms with E-state index in [1.165, 1.54) is 0 Å². The Kier molecular flexibility index (Phi) is 3.48. The van der Waals surface area contributed by atoms with Crippen LogP contribution in [0.1, 0.15) is 11.3 Å². The second-order valence-electron chi connectivity index (χ2n) is 4.93. The van der Waals surface area contributed by atoms with Crippen LogP contribution in [0.5, 0.6) is 5.75 Å². The summed E-state index contributed by atoms with van der Waals surface area (Å²) in [5, 5.41) is 8.59. The number of hydrogen-bond acceptors (Lipinski definition) is 4. The Bertz CT molecular complexity index is 779. The second kappa shape index (κ2) is 5.44. The van der Waals surface area contributed by atoms with Gasteiger partial charge in [0.2, 0.25) is 0 Å². The summed E-state index contributed by atoms with van der Waals surface area (Å²) in [6, 6.07) is 10.1. The number of benzene rings is 1. The van der Waals surface area contributed by atoms with Gasteiger partial charge in [-0.15, -0.1) is 0 Å². The minimum atomic E-state index is 0.698. The first kappa shape index (κ1) is 13.4. The van der Waals surface area contributed by atoms with Crippen LogP contribution in [0.25, 0.3) is 10.9 Å². The summed E-state index contributed by atoms with van der Waals surface area (Å²) in [7, 11) is 3.54. The van der Waals surface area contributed by atoms with Crippen molar-refractivity contribution in [3.05, 3.63) is 47.8 Å². The van der Waals surface area contributed by atoms with Crippen LogP contribution in [0.2, 0.25) is 0 Å².